The van der Waals surface area contributed by atoms with Gasteiger partial charge in [0.2, 0.25) is 0 Å². The van der Waals surface area contributed by atoms with Crippen LogP contribution in [0.1, 0.15) is 38.4 Å². The summed E-state index contributed by atoms with van der Waals surface area (Å²) in [5.74, 6) is 0. The summed E-state index contributed by atoms with van der Waals surface area (Å²) in [4.78, 5) is 2.58. The van der Waals surface area contributed by atoms with Gasteiger partial charge in [0, 0.05) is 31.4 Å². The van der Waals surface area contributed by atoms with Gasteiger partial charge in [-0.15, -0.1) is 12.4 Å². The summed E-state index contributed by atoms with van der Waals surface area (Å²) < 4.78 is 2.13. The van der Waals surface area contributed by atoms with Gasteiger partial charge in [-0.25, -0.2) is 0 Å². The van der Waals surface area contributed by atoms with E-state index in [0.29, 0.717) is 12.1 Å². The number of halogens is 1. The van der Waals surface area contributed by atoms with Gasteiger partial charge in [0.15, 0.2) is 0 Å². The molecule has 0 aliphatic carbocycles. The number of rotatable bonds is 5. The van der Waals surface area contributed by atoms with Crippen LogP contribution in [0.4, 0.5) is 0 Å². The minimum atomic E-state index is 0. The largest absolute Gasteiger partial charge is 0.318 e. The second-order valence-electron chi connectivity index (χ2n) is 5.19. The third-order valence-corrected chi connectivity index (χ3v) is 3.55. The molecule has 1 saturated heterocycles. The quantitative estimate of drug-likeness (QED) is 0.891. The van der Waals surface area contributed by atoms with E-state index >= 15 is 0 Å². The number of likely N-dealkylation sites (N-methyl/N-ethyl adjacent to an activating group) is 1. The zero-order valence-electron chi connectivity index (χ0n) is 11.6. The fraction of sp³-hybridized carbons (Fsp3) is 0.769. The van der Waals surface area contributed by atoms with Gasteiger partial charge < -0.3 is 5.32 Å². The Morgan fingerprint density at radius 2 is 2.28 bits per heavy atom. The highest BCUT2D eigenvalue weighted by Crippen LogP contribution is 2.20. The summed E-state index contributed by atoms with van der Waals surface area (Å²) in [5.41, 5.74) is 1.34. The molecule has 0 radical (unpaired) electrons. The number of likely N-dealkylation sites (tertiary alicyclic amines) is 1. The second kappa shape index (κ2) is 7.12. The summed E-state index contributed by atoms with van der Waals surface area (Å²) in [7, 11) is 2.04. The Balaban J connectivity index is 0.00000162. The van der Waals surface area contributed by atoms with Gasteiger partial charge in [-0.05, 0) is 46.3 Å². The number of hydrogen-bond donors (Lipinski definition) is 1. The molecule has 104 valence electrons. The van der Waals surface area contributed by atoms with Crippen LogP contribution in [0.2, 0.25) is 0 Å². The summed E-state index contributed by atoms with van der Waals surface area (Å²) >= 11 is 0. The maximum Gasteiger partial charge on any atom is 0.0527 e. The molecule has 0 amide bonds. The van der Waals surface area contributed by atoms with Gasteiger partial charge in [0.25, 0.3) is 0 Å². The van der Waals surface area contributed by atoms with Crippen LogP contribution in [0.15, 0.2) is 12.3 Å². The summed E-state index contributed by atoms with van der Waals surface area (Å²) in [6.07, 6.45) is 4.55. The molecule has 1 atom stereocenters. The van der Waals surface area contributed by atoms with Crippen LogP contribution in [0, 0.1) is 0 Å². The van der Waals surface area contributed by atoms with Crippen LogP contribution >= 0.6 is 12.4 Å². The highest BCUT2D eigenvalue weighted by Gasteiger charge is 2.24. The zero-order chi connectivity index (χ0) is 12.3. The molecule has 0 spiro atoms. The van der Waals surface area contributed by atoms with E-state index in [1.807, 2.05) is 13.2 Å². The topological polar surface area (TPSA) is 33.1 Å². The highest BCUT2D eigenvalue weighted by atomic mass is 35.5. The lowest BCUT2D eigenvalue weighted by Gasteiger charge is -2.25. The first-order chi connectivity index (χ1) is 8.22. The molecule has 1 unspecified atom stereocenters. The monoisotopic (exact) mass is 272 g/mol. The van der Waals surface area contributed by atoms with Crippen LogP contribution in [0.3, 0.4) is 0 Å². The molecule has 0 bridgehead atoms. The summed E-state index contributed by atoms with van der Waals surface area (Å²) in [6.45, 7) is 7.72. The lowest BCUT2D eigenvalue weighted by Crippen LogP contribution is -2.36. The molecule has 1 aromatic rings. The number of nitrogens with one attached hydrogen (secondary N) is 1. The first-order valence-corrected chi connectivity index (χ1v) is 6.63. The minimum absolute atomic E-state index is 0. The zero-order valence-corrected chi connectivity index (χ0v) is 12.4. The average Bonchev–Trinajstić information content (AvgIpc) is 2.89. The van der Waals surface area contributed by atoms with Crippen molar-refractivity contribution < 1.29 is 0 Å². The fourth-order valence-electron chi connectivity index (χ4n) is 2.71. The SMILES string of the molecule is CNCC1CCCN1Cc1ccnn1C(C)C.Cl. The molecular formula is C13H25ClN4. The van der Waals surface area contributed by atoms with Crippen molar-refractivity contribution in [3.05, 3.63) is 18.0 Å². The molecule has 1 N–H and O–H groups in total. The predicted octanol–water partition coefficient (Wildman–Crippen LogP) is 2.07. The van der Waals surface area contributed by atoms with E-state index in [1.54, 1.807) is 0 Å². The standard InChI is InChI=1S/C13H24N4.ClH/c1-11(2)17-13(6-7-15-17)10-16-8-4-5-12(16)9-14-3;/h6-7,11-12,14H,4-5,8-10H2,1-3H3;1H. The lowest BCUT2D eigenvalue weighted by atomic mass is 10.2. The van der Waals surface area contributed by atoms with Crippen molar-refractivity contribution in [2.24, 2.45) is 0 Å². The molecular weight excluding hydrogens is 248 g/mol. The summed E-state index contributed by atoms with van der Waals surface area (Å²) in [5, 5.41) is 7.70. The highest BCUT2D eigenvalue weighted by molar-refractivity contribution is 5.85. The molecule has 1 aliphatic rings. The van der Waals surface area contributed by atoms with Crippen molar-refractivity contribution in [3.63, 3.8) is 0 Å². The maximum absolute atomic E-state index is 4.40. The minimum Gasteiger partial charge on any atom is -0.318 e. The van der Waals surface area contributed by atoms with Crippen LogP contribution < -0.4 is 5.32 Å². The van der Waals surface area contributed by atoms with Crippen molar-refractivity contribution in [3.8, 4) is 0 Å². The van der Waals surface area contributed by atoms with Gasteiger partial charge in [0.1, 0.15) is 0 Å². The van der Waals surface area contributed by atoms with Crippen molar-refractivity contribution in [2.45, 2.75) is 45.3 Å². The predicted molar refractivity (Wildman–Crippen MR) is 77.2 cm³/mol. The van der Waals surface area contributed by atoms with Gasteiger partial charge in [-0.3, -0.25) is 9.58 Å². The number of hydrogen-bond acceptors (Lipinski definition) is 3. The Kier molecular flexibility index (Phi) is 6.12. The molecule has 18 heavy (non-hydrogen) atoms. The second-order valence-corrected chi connectivity index (χ2v) is 5.19. The number of nitrogens with zero attached hydrogens (tertiary/aromatic N) is 3. The molecule has 4 nitrogen and oxygen atoms in total. The Morgan fingerprint density at radius 1 is 1.50 bits per heavy atom. The Bertz CT molecular complexity index is 351. The van der Waals surface area contributed by atoms with Crippen LogP contribution in [0.25, 0.3) is 0 Å². The molecule has 1 aliphatic heterocycles. The molecule has 5 heteroatoms. The molecule has 2 rings (SSSR count). The van der Waals surface area contributed by atoms with E-state index in [0.717, 1.165) is 13.1 Å². The molecule has 2 heterocycles. The van der Waals surface area contributed by atoms with E-state index in [9.17, 15) is 0 Å². The summed E-state index contributed by atoms with van der Waals surface area (Å²) in [6, 6.07) is 3.29. The van der Waals surface area contributed by atoms with E-state index in [-0.39, 0.29) is 12.4 Å². The van der Waals surface area contributed by atoms with Crippen molar-refractivity contribution in [2.75, 3.05) is 20.1 Å². The maximum atomic E-state index is 4.40. The fourth-order valence-corrected chi connectivity index (χ4v) is 2.71. The van der Waals surface area contributed by atoms with Gasteiger partial charge in [-0.2, -0.15) is 5.10 Å². The molecule has 0 aromatic carbocycles. The Hall–Kier alpha value is -0.580. The first kappa shape index (κ1) is 15.5. The van der Waals surface area contributed by atoms with Gasteiger partial charge in [0.05, 0.1) is 5.69 Å². The molecule has 1 fully saturated rings. The van der Waals surface area contributed by atoms with E-state index in [1.165, 1.54) is 25.1 Å². The molecule has 1 aromatic heterocycles. The average molecular weight is 273 g/mol. The van der Waals surface area contributed by atoms with Crippen LogP contribution in [0.5, 0.6) is 0 Å². The van der Waals surface area contributed by atoms with E-state index in [4.69, 9.17) is 0 Å². The Morgan fingerprint density at radius 3 is 2.94 bits per heavy atom. The third-order valence-electron chi connectivity index (χ3n) is 3.55. The van der Waals surface area contributed by atoms with Gasteiger partial charge in [-0.1, -0.05) is 0 Å². The molecule has 0 saturated carbocycles. The van der Waals surface area contributed by atoms with Crippen molar-refractivity contribution >= 4 is 12.4 Å². The van der Waals surface area contributed by atoms with Crippen molar-refractivity contribution in [1.82, 2.24) is 20.0 Å². The van der Waals surface area contributed by atoms with Crippen LogP contribution in [-0.4, -0.2) is 40.9 Å². The number of aromatic nitrogens is 2. The van der Waals surface area contributed by atoms with Crippen LogP contribution in [-0.2, 0) is 6.54 Å². The van der Waals surface area contributed by atoms with E-state index < -0.39 is 0 Å². The third kappa shape index (κ3) is 3.46. The smallest absolute Gasteiger partial charge is 0.0527 e. The van der Waals surface area contributed by atoms with Gasteiger partial charge >= 0.3 is 0 Å². The normalized spacial score (nSPS) is 20.3. The van der Waals surface area contributed by atoms with Crippen molar-refractivity contribution in [1.29, 1.82) is 0 Å². The lowest BCUT2D eigenvalue weighted by molar-refractivity contribution is 0.233. The Labute approximate surface area is 116 Å². The van der Waals surface area contributed by atoms with E-state index in [2.05, 4.69) is 39.9 Å². The first-order valence-electron chi connectivity index (χ1n) is 6.63.